The van der Waals surface area contributed by atoms with E-state index in [0.29, 0.717) is 29.8 Å². The van der Waals surface area contributed by atoms with Crippen molar-refractivity contribution in [2.24, 2.45) is 0 Å². The number of carbonyl (C=O) groups excluding carboxylic acids is 2. The van der Waals surface area contributed by atoms with Crippen molar-refractivity contribution in [3.63, 3.8) is 0 Å². The van der Waals surface area contributed by atoms with Gasteiger partial charge in [-0.3, -0.25) is 9.59 Å². The zero-order valence-corrected chi connectivity index (χ0v) is 14.5. The van der Waals surface area contributed by atoms with E-state index >= 15 is 0 Å². The number of amides is 1. The zero-order valence-electron chi connectivity index (χ0n) is 14.5. The van der Waals surface area contributed by atoms with Gasteiger partial charge in [0, 0.05) is 25.5 Å². The van der Waals surface area contributed by atoms with E-state index in [1.165, 1.54) is 0 Å². The highest BCUT2D eigenvalue weighted by atomic mass is 16.2. The first-order valence-corrected chi connectivity index (χ1v) is 8.17. The number of nitrogen functional groups attached to an aromatic ring is 1. The molecule has 1 amide bonds. The molecule has 0 aliphatic heterocycles. The summed E-state index contributed by atoms with van der Waals surface area (Å²) in [5.74, 6) is 0.108. The fourth-order valence-corrected chi connectivity index (χ4v) is 2.70. The minimum absolute atomic E-state index is 0.123. The second-order valence-corrected chi connectivity index (χ2v) is 6.03. The quantitative estimate of drug-likeness (QED) is 0.823. The maximum absolute atomic E-state index is 12.7. The Morgan fingerprint density at radius 3 is 2.46 bits per heavy atom. The van der Waals surface area contributed by atoms with Gasteiger partial charge in [0.15, 0.2) is 0 Å². The predicted octanol–water partition coefficient (Wildman–Crippen LogP) is 3.77. The largest absolute Gasteiger partial charge is 0.397 e. The fraction of sp³-hybridized carbons (Fsp3) is 0.300. The number of rotatable bonds is 6. The van der Waals surface area contributed by atoms with Gasteiger partial charge < -0.3 is 10.6 Å². The molecular weight excluding hydrogens is 300 g/mol. The minimum atomic E-state index is -0.123. The predicted molar refractivity (Wildman–Crippen MR) is 98.4 cm³/mol. The smallest absolute Gasteiger partial charge is 0.258 e. The molecule has 0 bridgehead atoms. The molecule has 0 atom stereocenters. The van der Waals surface area contributed by atoms with Crippen molar-refractivity contribution in [1.29, 1.82) is 0 Å². The number of carbonyl (C=O) groups is 2. The highest BCUT2D eigenvalue weighted by molar-refractivity contribution is 6.07. The summed E-state index contributed by atoms with van der Waals surface area (Å²) in [6.45, 7) is 3.93. The van der Waals surface area contributed by atoms with E-state index in [0.717, 1.165) is 17.5 Å². The number of Topliss-reactive ketones (excluding diaryl/α,β-unsaturated/α-hetero) is 1. The molecule has 0 heterocycles. The molecule has 2 aromatic rings. The molecule has 0 saturated carbocycles. The fourth-order valence-electron chi connectivity index (χ4n) is 2.70. The number of hydrogen-bond acceptors (Lipinski definition) is 3. The van der Waals surface area contributed by atoms with Gasteiger partial charge in [-0.2, -0.15) is 0 Å². The Labute approximate surface area is 143 Å². The van der Waals surface area contributed by atoms with Gasteiger partial charge in [-0.25, -0.2) is 0 Å². The molecule has 24 heavy (non-hydrogen) atoms. The first-order chi connectivity index (χ1) is 11.4. The lowest BCUT2D eigenvalue weighted by Gasteiger charge is -2.19. The highest BCUT2D eigenvalue weighted by Crippen LogP contribution is 2.23. The van der Waals surface area contributed by atoms with Gasteiger partial charge in [-0.1, -0.05) is 25.1 Å². The molecule has 2 aromatic carbocycles. The molecule has 0 aromatic heterocycles. The van der Waals surface area contributed by atoms with Gasteiger partial charge in [0.1, 0.15) is 5.78 Å². The van der Waals surface area contributed by atoms with E-state index in [1.807, 2.05) is 44.2 Å². The summed E-state index contributed by atoms with van der Waals surface area (Å²) < 4.78 is 0. The average molecular weight is 324 g/mol. The Bertz CT molecular complexity index is 753. The molecule has 0 radical (unpaired) electrons. The highest BCUT2D eigenvalue weighted by Gasteiger charge is 2.16. The van der Waals surface area contributed by atoms with Crippen molar-refractivity contribution < 1.29 is 9.59 Å². The van der Waals surface area contributed by atoms with Crippen LogP contribution in [0.1, 0.15) is 41.3 Å². The lowest BCUT2D eigenvalue weighted by Crippen LogP contribution is -2.27. The Hall–Kier alpha value is -2.62. The van der Waals surface area contributed by atoms with Crippen LogP contribution in [0, 0.1) is 6.92 Å². The van der Waals surface area contributed by atoms with Crippen molar-refractivity contribution in [2.75, 3.05) is 17.7 Å². The molecule has 4 nitrogen and oxygen atoms in total. The number of ketones is 1. The number of nitrogens with two attached hydrogens (primary N) is 1. The van der Waals surface area contributed by atoms with E-state index in [4.69, 9.17) is 5.73 Å². The molecule has 0 unspecified atom stereocenters. The van der Waals surface area contributed by atoms with Gasteiger partial charge in [0.05, 0.1) is 11.4 Å². The van der Waals surface area contributed by atoms with Gasteiger partial charge in [0.25, 0.3) is 5.91 Å². The number of benzene rings is 2. The number of para-hydroxylation sites is 2. The van der Waals surface area contributed by atoms with E-state index in [9.17, 15) is 9.59 Å². The average Bonchev–Trinajstić information content (AvgIpc) is 2.56. The summed E-state index contributed by atoms with van der Waals surface area (Å²) in [6.07, 6.45) is 1.88. The summed E-state index contributed by atoms with van der Waals surface area (Å²) in [4.78, 5) is 26.1. The Kier molecular flexibility index (Phi) is 5.74. The topological polar surface area (TPSA) is 63.4 Å². The molecule has 0 aliphatic rings. The number of hydrogen-bond donors (Lipinski definition) is 1. The van der Waals surface area contributed by atoms with Crippen LogP contribution in [0.4, 0.5) is 11.4 Å². The van der Waals surface area contributed by atoms with Crippen molar-refractivity contribution in [3.05, 3.63) is 59.2 Å². The molecule has 0 aliphatic carbocycles. The SMILES string of the molecule is CCCC(=O)Cc1ccc(C(=O)N(C)c2ccccc2N)cc1C. The van der Waals surface area contributed by atoms with Gasteiger partial charge in [-0.15, -0.1) is 0 Å². The summed E-state index contributed by atoms with van der Waals surface area (Å²) in [6, 6.07) is 12.8. The van der Waals surface area contributed by atoms with Crippen LogP contribution in [0.3, 0.4) is 0 Å². The van der Waals surface area contributed by atoms with E-state index in [1.54, 1.807) is 24.1 Å². The monoisotopic (exact) mass is 324 g/mol. The van der Waals surface area contributed by atoms with Crippen molar-refractivity contribution >= 4 is 23.1 Å². The van der Waals surface area contributed by atoms with Crippen molar-refractivity contribution in [2.45, 2.75) is 33.1 Å². The van der Waals surface area contributed by atoms with E-state index < -0.39 is 0 Å². The molecule has 0 saturated heterocycles. The van der Waals surface area contributed by atoms with E-state index in [2.05, 4.69) is 0 Å². The normalized spacial score (nSPS) is 10.5. The summed E-state index contributed by atoms with van der Waals surface area (Å²) in [7, 11) is 1.71. The standard InChI is InChI=1S/C20H24N2O2/c1-4-7-17(23)13-15-10-11-16(12-14(15)2)20(24)22(3)19-9-6-5-8-18(19)21/h5-6,8-12H,4,7,13,21H2,1-3H3. The Balaban J connectivity index is 2.20. The first-order valence-electron chi connectivity index (χ1n) is 8.17. The second-order valence-electron chi connectivity index (χ2n) is 6.03. The third kappa shape index (κ3) is 4.02. The lowest BCUT2D eigenvalue weighted by molar-refractivity contribution is -0.118. The Morgan fingerprint density at radius 2 is 1.83 bits per heavy atom. The second kappa shape index (κ2) is 7.77. The summed E-state index contributed by atoms with van der Waals surface area (Å²) in [5, 5.41) is 0. The van der Waals surface area contributed by atoms with Gasteiger partial charge >= 0.3 is 0 Å². The van der Waals surface area contributed by atoms with E-state index in [-0.39, 0.29) is 11.7 Å². The molecule has 126 valence electrons. The summed E-state index contributed by atoms with van der Waals surface area (Å²) >= 11 is 0. The maximum Gasteiger partial charge on any atom is 0.258 e. The van der Waals surface area contributed by atoms with Crippen LogP contribution in [0.25, 0.3) is 0 Å². The molecule has 0 fully saturated rings. The van der Waals surface area contributed by atoms with Gasteiger partial charge in [-0.05, 0) is 48.7 Å². The molecular formula is C20H24N2O2. The van der Waals surface area contributed by atoms with Crippen LogP contribution in [0.15, 0.2) is 42.5 Å². The van der Waals surface area contributed by atoms with Crippen LogP contribution in [-0.2, 0) is 11.2 Å². The van der Waals surface area contributed by atoms with Crippen LogP contribution in [-0.4, -0.2) is 18.7 Å². The van der Waals surface area contributed by atoms with Gasteiger partial charge in [0.2, 0.25) is 0 Å². The number of nitrogens with zero attached hydrogens (tertiary/aromatic N) is 1. The molecule has 2 N–H and O–H groups in total. The summed E-state index contributed by atoms with van der Waals surface area (Å²) in [5.41, 5.74) is 9.71. The van der Waals surface area contributed by atoms with Crippen LogP contribution < -0.4 is 10.6 Å². The lowest BCUT2D eigenvalue weighted by atomic mass is 9.98. The third-order valence-corrected chi connectivity index (χ3v) is 4.11. The molecule has 0 spiro atoms. The Morgan fingerprint density at radius 1 is 1.12 bits per heavy atom. The minimum Gasteiger partial charge on any atom is -0.397 e. The van der Waals surface area contributed by atoms with Crippen LogP contribution in [0.2, 0.25) is 0 Å². The molecule has 4 heteroatoms. The number of aryl methyl sites for hydroxylation is 1. The van der Waals surface area contributed by atoms with Crippen LogP contribution in [0.5, 0.6) is 0 Å². The maximum atomic E-state index is 12.7. The van der Waals surface area contributed by atoms with Crippen LogP contribution >= 0.6 is 0 Å². The van der Waals surface area contributed by atoms with Crippen molar-refractivity contribution in [3.8, 4) is 0 Å². The number of anilines is 2. The first kappa shape index (κ1) is 17.7. The van der Waals surface area contributed by atoms with Crippen molar-refractivity contribution in [1.82, 2.24) is 0 Å². The molecule has 2 rings (SSSR count). The third-order valence-electron chi connectivity index (χ3n) is 4.11. The zero-order chi connectivity index (χ0) is 17.7.